The number of nitrogens with one attached hydrogen (secondary N) is 1. The molecule has 1 aromatic carbocycles. The molecule has 4 heteroatoms. The third-order valence-corrected chi connectivity index (χ3v) is 5.92. The highest BCUT2D eigenvalue weighted by Gasteiger charge is 2.43. The van der Waals surface area contributed by atoms with Crippen LogP contribution in [0.2, 0.25) is 0 Å². The molecule has 1 aliphatic carbocycles. The highest BCUT2D eigenvalue weighted by Crippen LogP contribution is 2.45. The highest BCUT2D eigenvalue weighted by atomic mass is 16.2. The van der Waals surface area contributed by atoms with Gasteiger partial charge < -0.3 is 15.1 Å². The lowest BCUT2D eigenvalue weighted by Gasteiger charge is -2.42. The first-order chi connectivity index (χ1) is 11.5. The number of amides is 1. The molecule has 3 aliphatic rings. The van der Waals surface area contributed by atoms with Gasteiger partial charge in [0.05, 0.1) is 0 Å². The molecule has 1 saturated carbocycles. The summed E-state index contributed by atoms with van der Waals surface area (Å²) in [5, 5.41) is 3.50. The van der Waals surface area contributed by atoms with Gasteiger partial charge in [0.2, 0.25) is 5.91 Å². The van der Waals surface area contributed by atoms with Crippen LogP contribution >= 0.6 is 0 Å². The summed E-state index contributed by atoms with van der Waals surface area (Å²) in [4.78, 5) is 17.0. The first-order valence-corrected chi connectivity index (χ1v) is 9.45. The number of benzene rings is 1. The van der Waals surface area contributed by atoms with Crippen LogP contribution in [0.3, 0.4) is 0 Å². The Kier molecular flexibility index (Phi) is 4.03. The fourth-order valence-corrected chi connectivity index (χ4v) is 4.71. The Morgan fingerprint density at radius 3 is 2.71 bits per heavy atom. The van der Waals surface area contributed by atoms with Gasteiger partial charge in [-0.3, -0.25) is 4.79 Å². The lowest BCUT2D eigenvalue weighted by atomic mass is 9.84. The molecule has 0 radical (unpaired) electrons. The van der Waals surface area contributed by atoms with Crippen molar-refractivity contribution >= 4 is 17.3 Å². The molecule has 130 valence electrons. The van der Waals surface area contributed by atoms with Crippen LogP contribution in [-0.4, -0.2) is 37.6 Å². The minimum absolute atomic E-state index is 0.197. The smallest absolute Gasteiger partial charge is 0.224 e. The summed E-state index contributed by atoms with van der Waals surface area (Å²) < 4.78 is 0. The van der Waals surface area contributed by atoms with Crippen molar-refractivity contribution in [3.05, 3.63) is 23.8 Å². The van der Waals surface area contributed by atoms with Gasteiger partial charge in [-0.15, -0.1) is 0 Å². The van der Waals surface area contributed by atoms with Gasteiger partial charge in [-0.25, -0.2) is 0 Å². The maximum absolute atomic E-state index is 12.4. The van der Waals surface area contributed by atoms with Crippen molar-refractivity contribution in [3.63, 3.8) is 0 Å². The summed E-state index contributed by atoms with van der Waals surface area (Å²) in [6.07, 6.45) is 3.66. The Bertz CT molecular complexity index is 640. The molecule has 2 heterocycles. The maximum atomic E-state index is 12.4. The van der Waals surface area contributed by atoms with Crippen molar-refractivity contribution in [3.8, 4) is 0 Å². The molecule has 24 heavy (non-hydrogen) atoms. The summed E-state index contributed by atoms with van der Waals surface area (Å²) in [6.45, 7) is 9.43. The van der Waals surface area contributed by atoms with E-state index in [2.05, 4.69) is 47.2 Å². The number of fused-ring (bicyclic) bond motifs is 1. The van der Waals surface area contributed by atoms with E-state index in [0.717, 1.165) is 31.7 Å². The molecule has 0 bridgehead atoms. The van der Waals surface area contributed by atoms with E-state index >= 15 is 0 Å². The minimum Gasteiger partial charge on any atom is -0.369 e. The second kappa shape index (κ2) is 6.07. The molecule has 0 aromatic heterocycles. The van der Waals surface area contributed by atoms with Gasteiger partial charge in [0.15, 0.2) is 0 Å². The zero-order valence-electron chi connectivity index (χ0n) is 15.1. The number of carbonyl (C=O) groups is 1. The molecule has 0 spiro atoms. The molecular weight excluding hydrogens is 298 g/mol. The van der Waals surface area contributed by atoms with Gasteiger partial charge in [0.1, 0.15) is 0 Å². The van der Waals surface area contributed by atoms with Crippen molar-refractivity contribution in [2.45, 2.75) is 52.1 Å². The number of anilines is 2. The second-order valence-corrected chi connectivity index (χ2v) is 8.01. The first-order valence-electron chi connectivity index (χ1n) is 9.45. The van der Waals surface area contributed by atoms with Crippen LogP contribution in [0.15, 0.2) is 18.2 Å². The third-order valence-electron chi connectivity index (χ3n) is 5.92. The molecule has 2 fully saturated rings. The van der Waals surface area contributed by atoms with Crippen LogP contribution in [0.25, 0.3) is 0 Å². The minimum atomic E-state index is 0.197. The molecule has 4 nitrogen and oxygen atoms in total. The standard InChI is InChI=1S/C20H29N3O/c1-13-10-17-11-18(22-9-8-21-14(2)12-22)6-7-19(17)23(15(3)24)20(13)16-4-5-16/h6-7,11,13-14,16,20-21H,4-5,8-10,12H2,1-3H3/t13?,14-,20+/m0/s1. The molecule has 1 N–H and O–H groups in total. The summed E-state index contributed by atoms with van der Waals surface area (Å²) in [5.74, 6) is 1.46. The quantitative estimate of drug-likeness (QED) is 0.907. The SMILES string of the molecule is CC(=O)N1c2ccc(N3CCN[C@@H](C)C3)cc2CC(C)[C@@H]1C1CC1. The number of carbonyl (C=O) groups excluding carboxylic acids is 1. The molecule has 1 aromatic rings. The van der Waals surface area contributed by atoms with Crippen molar-refractivity contribution in [1.29, 1.82) is 0 Å². The van der Waals surface area contributed by atoms with Crippen molar-refractivity contribution in [2.24, 2.45) is 11.8 Å². The molecule has 3 atom stereocenters. The summed E-state index contributed by atoms with van der Waals surface area (Å²) in [6, 6.07) is 7.68. The molecule has 1 unspecified atom stereocenters. The lowest BCUT2D eigenvalue weighted by molar-refractivity contribution is -0.117. The average Bonchev–Trinajstić information content (AvgIpc) is 3.37. The van der Waals surface area contributed by atoms with Crippen molar-refractivity contribution < 1.29 is 4.79 Å². The van der Waals surface area contributed by atoms with Crippen LogP contribution in [0.4, 0.5) is 11.4 Å². The molecule has 2 aliphatic heterocycles. The summed E-state index contributed by atoms with van der Waals surface area (Å²) in [7, 11) is 0. The zero-order valence-corrected chi connectivity index (χ0v) is 15.1. The zero-order chi connectivity index (χ0) is 16.8. The van der Waals surface area contributed by atoms with E-state index in [0.29, 0.717) is 23.9 Å². The predicted molar refractivity (Wildman–Crippen MR) is 98.7 cm³/mol. The van der Waals surface area contributed by atoms with Gasteiger partial charge >= 0.3 is 0 Å². The largest absolute Gasteiger partial charge is 0.369 e. The maximum Gasteiger partial charge on any atom is 0.224 e. The van der Waals surface area contributed by atoms with Gasteiger partial charge in [-0.05, 0) is 61.8 Å². The van der Waals surface area contributed by atoms with Gasteiger partial charge in [-0.2, -0.15) is 0 Å². The average molecular weight is 327 g/mol. The fourth-order valence-electron chi connectivity index (χ4n) is 4.71. The van der Waals surface area contributed by atoms with E-state index in [1.54, 1.807) is 6.92 Å². The first kappa shape index (κ1) is 15.9. The molecule has 4 rings (SSSR count). The van der Waals surface area contributed by atoms with Crippen LogP contribution in [0.5, 0.6) is 0 Å². The van der Waals surface area contributed by atoms with Gasteiger partial charge in [0, 0.05) is 50.0 Å². The van der Waals surface area contributed by atoms with Gasteiger partial charge in [-0.1, -0.05) is 6.92 Å². The normalized spacial score (nSPS) is 30.2. The molecular formula is C20H29N3O. The number of nitrogens with zero attached hydrogens (tertiary/aromatic N) is 2. The van der Waals surface area contributed by atoms with Crippen LogP contribution in [-0.2, 0) is 11.2 Å². The highest BCUT2D eigenvalue weighted by molar-refractivity contribution is 5.94. The Labute approximate surface area is 145 Å². The van der Waals surface area contributed by atoms with Gasteiger partial charge in [0.25, 0.3) is 0 Å². The number of hydrogen-bond acceptors (Lipinski definition) is 3. The lowest BCUT2D eigenvalue weighted by Crippen LogP contribution is -2.50. The summed E-state index contributed by atoms with van der Waals surface area (Å²) >= 11 is 0. The Morgan fingerprint density at radius 2 is 2.04 bits per heavy atom. The second-order valence-electron chi connectivity index (χ2n) is 8.01. The topological polar surface area (TPSA) is 35.6 Å². The molecule has 1 amide bonds. The predicted octanol–water partition coefficient (Wildman–Crippen LogP) is 2.81. The summed E-state index contributed by atoms with van der Waals surface area (Å²) in [5.41, 5.74) is 3.81. The fraction of sp³-hybridized carbons (Fsp3) is 0.650. The van der Waals surface area contributed by atoms with E-state index in [1.807, 2.05) is 0 Å². The molecule has 1 saturated heterocycles. The van der Waals surface area contributed by atoms with Crippen LogP contribution in [0, 0.1) is 11.8 Å². The Morgan fingerprint density at radius 1 is 1.25 bits per heavy atom. The van der Waals surface area contributed by atoms with Crippen LogP contribution < -0.4 is 15.1 Å². The van der Waals surface area contributed by atoms with Crippen molar-refractivity contribution in [2.75, 3.05) is 29.4 Å². The Hall–Kier alpha value is -1.55. The third kappa shape index (κ3) is 2.81. The van der Waals surface area contributed by atoms with Crippen molar-refractivity contribution in [1.82, 2.24) is 5.32 Å². The number of piperazine rings is 1. The van der Waals surface area contributed by atoms with E-state index < -0.39 is 0 Å². The van der Waals surface area contributed by atoms with E-state index in [4.69, 9.17) is 0 Å². The van der Waals surface area contributed by atoms with Crippen LogP contribution in [0.1, 0.15) is 39.2 Å². The monoisotopic (exact) mass is 327 g/mol. The number of rotatable bonds is 2. The van der Waals surface area contributed by atoms with E-state index in [9.17, 15) is 4.79 Å². The number of hydrogen-bond donors (Lipinski definition) is 1. The Balaban J connectivity index is 1.66. The van der Waals surface area contributed by atoms with E-state index in [-0.39, 0.29) is 5.91 Å². The van der Waals surface area contributed by atoms with E-state index in [1.165, 1.54) is 24.1 Å².